The van der Waals surface area contributed by atoms with Crippen molar-refractivity contribution < 1.29 is 10.2 Å². The molecule has 0 saturated carbocycles. The standard InChI is InChI=1S/C10H18O2/c1-7-3-4-9(8(2)5-11)10(7)6-12/h8-9,11-12H,3-6H2,1-2H3/t8-,9+/m0/s1. The Balaban J connectivity index is 2.69. The average Bonchev–Trinajstić information content (AvgIpc) is 2.45. The summed E-state index contributed by atoms with van der Waals surface area (Å²) in [7, 11) is 0. The van der Waals surface area contributed by atoms with Crippen LogP contribution < -0.4 is 0 Å². The molecule has 0 aliphatic heterocycles. The highest BCUT2D eigenvalue weighted by atomic mass is 16.3. The van der Waals surface area contributed by atoms with Crippen LogP contribution in [0.2, 0.25) is 0 Å². The third-order valence-corrected chi connectivity index (χ3v) is 2.97. The number of hydrogen-bond donors (Lipinski definition) is 2. The van der Waals surface area contributed by atoms with Crippen LogP contribution >= 0.6 is 0 Å². The first kappa shape index (κ1) is 9.75. The summed E-state index contributed by atoms with van der Waals surface area (Å²) in [5.74, 6) is 0.713. The van der Waals surface area contributed by atoms with Crippen molar-refractivity contribution in [2.75, 3.05) is 13.2 Å². The summed E-state index contributed by atoms with van der Waals surface area (Å²) in [5.41, 5.74) is 2.49. The van der Waals surface area contributed by atoms with Crippen LogP contribution in [0, 0.1) is 11.8 Å². The molecule has 70 valence electrons. The molecular formula is C10H18O2. The lowest BCUT2D eigenvalue weighted by Crippen LogP contribution is -2.16. The number of aliphatic hydroxyl groups is 2. The fourth-order valence-corrected chi connectivity index (χ4v) is 2.03. The molecule has 0 heterocycles. The summed E-state index contributed by atoms with van der Waals surface area (Å²) in [6.45, 7) is 4.51. The monoisotopic (exact) mass is 170 g/mol. The van der Waals surface area contributed by atoms with Gasteiger partial charge in [-0.3, -0.25) is 0 Å². The van der Waals surface area contributed by atoms with Crippen LogP contribution in [-0.2, 0) is 0 Å². The van der Waals surface area contributed by atoms with E-state index >= 15 is 0 Å². The first-order valence-corrected chi connectivity index (χ1v) is 4.61. The predicted molar refractivity (Wildman–Crippen MR) is 48.8 cm³/mol. The van der Waals surface area contributed by atoms with Crippen molar-refractivity contribution in [3.05, 3.63) is 11.1 Å². The molecule has 0 saturated heterocycles. The van der Waals surface area contributed by atoms with Gasteiger partial charge in [0.2, 0.25) is 0 Å². The fourth-order valence-electron chi connectivity index (χ4n) is 2.03. The molecule has 0 amide bonds. The SMILES string of the molecule is CC1=C(CO)[C@@H]([C@@H](C)CO)CC1. The summed E-state index contributed by atoms with van der Waals surface area (Å²) in [5, 5.41) is 18.1. The number of hydrogen-bond acceptors (Lipinski definition) is 2. The van der Waals surface area contributed by atoms with Gasteiger partial charge in [-0.1, -0.05) is 12.5 Å². The summed E-state index contributed by atoms with van der Waals surface area (Å²) in [6.07, 6.45) is 2.19. The van der Waals surface area contributed by atoms with Crippen molar-refractivity contribution in [2.24, 2.45) is 11.8 Å². The lowest BCUT2D eigenvalue weighted by atomic mass is 9.89. The van der Waals surface area contributed by atoms with Crippen molar-refractivity contribution >= 4 is 0 Å². The molecule has 2 nitrogen and oxygen atoms in total. The van der Waals surface area contributed by atoms with Gasteiger partial charge in [0.15, 0.2) is 0 Å². The summed E-state index contributed by atoms with van der Waals surface area (Å²) in [4.78, 5) is 0. The van der Waals surface area contributed by atoms with Crippen LogP contribution in [0.25, 0.3) is 0 Å². The molecule has 0 fully saturated rings. The molecule has 2 N–H and O–H groups in total. The van der Waals surface area contributed by atoms with Crippen molar-refractivity contribution in [2.45, 2.75) is 26.7 Å². The highest BCUT2D eigenvalue weighted by molar-refractivity contribution is 5.22. The molecule has 12 heavy (non-hydrogen) atoms. The predicted octanol–water partition coefficient (Wildman–Crippen LogP) is 1.33. The van der Waals surface area contributed by atoms with Crippen molar-refractivity contribution in [1.82, 2.24) is 0 Å². The van der Waals surface area contributed by atoms with Crippen LogP contribution in [-0.4, -0.2) is 23.4 Å². The molecule has 1 aliphatic carbocycles. The first-order valence-electron chi connectivity index (χ1n) is 4.61. The average molecular weight is 170 g/mol. The third kappa shape index (κ3) is 1.70. The topological polar surface area (TPSA) is 40.5 Å². The van der Waals surface area contributed by atoms with E-state index in [-0.39, 0.29) is 13.2 Å². The van der Waals surface area contributed by atoms with E-state index in [9.17, 15) is 0 Å². The summed E-state index contributed by atoms with van der Waals surface area (Å²) in [6, 6.07) is 0. The molecule has 1 aliphatic rings. The van der Waals surface area contributed by atoms with Gasteiger partial charge >= 0.3 is 0 Å². The van der Waals surface area contributed by atoms with E-state index in [4.69, 9.17) is 10.2 Å². The van der Waals surface area contributed by atoms with E-state index in [1.807, 2.05) is 6.92 Å². The van der Waals surface area contributed by atoms with Crippen LogP contribution in [0.15, 0.2) is 11.1 Å². The highest BCUT2D eigenvalue weighted by Crippen LogP contribution is 2.36. The summed E-state index contributed by atoms with van der Waals surface area (Å²) >= 11 is 0. The van der Waals surface area contributed by atoms with Gasteiger partial charge in [0, 0.05) is 6.61 Å². The molecule has 0 radical (unpaired) electrons. The molecule has 0 aromatic rings. The van der Waals surface area contributed by atoms with E-state index in [1.165, 1.54) is 5.57 Å². The van der Waals surface area contributed by atoms with Crippen LogP contribution in [0.5, 0.6) is 0 Å². The van der Waals surface area contributed by atoms with E-state index in [2.05, 4.69) is 6.92 Å². The zero-order chi connectivity index (χ0) is 9.14. The highest BCUT2D eigenvalue weighted by Gasteiger charge is 2.26. The van der Waals surface area contributed by atoms with Gasteiger partial charge in [0.1, 0.15) is 0 Å². The maximum Gasteiger partial charge on any atom is 0.0647 e. The second kappa shape index (κ2) is 4.06. The van der Waals surface area contributed by atoms with Crippen molar-refractivity contribution in [3.8, 4) is 0 Å². The van der Waals surface area contributed by atoms with Crippen molar-refractivity contribution in [3.63, 3.8) is 0 Å². The van der Waals surface area contributed by atoms with Gasteiger partial charge in [-0.2, -0.15) is 0 Å². The number of rotatable bonds is 3. The zero-order valence-electron chi connectivity index (χ0n) is 7.88. The lowest BCUT2D eigenvalue weighted by molar-refractivity contribution is 0.193. The Morgan fingerprint density at radius 3 is 2.67 bits per heavy atom. The minimum atomic E-state index is 0.168. The van der Waals surface area contributed by atoms with Gasteiger partial charge in [0.05, 0.1) is 6.61 Å². The molecule has 2 heteroatoms. The van der Waals surface area contributed by atoms with E-state index in [1.54, 1.807) is 0 Å². The second-order valence-electron chi connectivity index (χ2n) is 3.77. The Hall–Kier alpha value is -0.340. The molecule has 0 unspecified atom stereocenters. The van der Waals surface area contributed by atoms with Crippen LogP contribution in [0.1, 0.15) is 26.7 Å². The normalized spacial score (nSPS) is 26.5. The molecule has 2 atom stereocenters. The number of aliphatic hydroxyl groups excluding tert-OH is 2. The molecule has 1 rings (SSSR count). The molecule has 0 bridgehead atoms. The largest absolute Gasteiger partial charge is 0.396 e. The second-order valence-corrected chi connectivity index (χ2v) is 3.77. The maximum atomic E-state index is 9.11. The van der Waals surface area contributed by atoms with Gasteiger partial charge in [-0.15, -0.1) is 0 Å². The quantitative estimate of drug-likeness (QED) is 0.627. The summed E-state index contributed by atoms with van der Waals surface area (Å²) < 4.78 is 0. The Morgan fingerprint density at radius 1 is 1.50 bits per heavy atom. The minimum absolute atomic E-state index is 0.168. The number of allylic oxidation sites excluding steroid dienone is 1. The van der Waals surface area contributed by atoms with E-state index in [0.717, 1.165) is 18.4 Å². The Bertz CT molecular complexity index is 184. The van der Waals surface area contributed by atoms with Crippen LogP contribution in [0.3, 0.4) is 0 Å². The smallest absolute Gasteiger partial charge is 0.0647 e. The lowest BCUT2D eigenvalue weighted by Gasteiger charge is -2.19. The van der Waals surface area contributed by atoms with E-state index in [0.29, 0.717) is 11.8 Å². The Kier molecular flexibility index (Phi) is 3.29. The molecule has 0 aromatic heterocycles. The minimum Gasteiger partial charge on any atom is -0.396 e. The van der Waals surface area contributed by atoms with Gasteiger partial charge in [-0.05, 0) is 37.2 Å². The van der Waals surface area contributed by atoms with Gasteiger partial charge in [-0.25, -0.2) is 0 Å². The molecule has 0 aromatic carbocycles. The first-order chi connectivity index (χ1) is 5.70. The molecule has 0 spiro atoms. The fraction of sp³-hybridized carbons (Fsp3) is 0.800. The zero-order valence-corrected chi connectivity index (χ0v) is 7.88. The molecular weight excluding hydrogens is 152 g/mol. The van der Waals surface area contributed by atoms with Crippen LogP contribution in [0.4, 0.5) is 0 Å². The van der Waals surface area contributed by atoms with Crippen molar-refractivity contribution in [1.29, 1.82) is 0 Å². The Labute approximate surface area is 73.9 Å². The van der Waals surface area contributed by atoms with Gasteiger partial charge in [0.25, 0.3) is 0 Å². The third-order valence-electron chi connectivity index (χ3n) is 2.97. The maximum absolute atomic E-state index is 9.11. The van der Waals surface area contributed by atoms with Gasteiger partial charge < -0.3 is 10.2 Å². The van der Waals surface area contributed by atoms with E-state index < -0.39 is 0 Å². The Morgan fingerprint density at radius 2 is 2.17 bits per heavy atom.